The lowest BCUT2D eigenvalue weighted by atomic mass is 10.2. The fourth-order valence-corrected chi connectivity index (χ4v) is 1.73. The Labute approximate surface area is 104 Å². The third-order valence-corrected chi connectivity index (χ3v) is 2.78. The van der Waals surface area contributed by atoms with Crippen molar-refractivity contribution in [1.29, 1.82) is 0 Å². The van der Waals surface area contributed by atoms with Crippen molar-refractivity contribution >= 4 is 34.6 Å². The third kappa shape index (κ3) is 2.93. The highest BCUT2D eigenvalue weighted by molar-refractivity contribution is 7.80. The molecule has 16 heavy (non-hydrogen) atoms. The van der Waals surface area contributed by atoms with Gasteiger partial charge in [0.2, 0.25) is 0 Å². The van der Waals surface area contributed by atoms with Crippen LogP contribution in [0, 0.1) is 0 Å². The average Bonchev–Trinajstić information content (AvgIpc) is 2.20. The van der Waals surface area contributed by atoms with Crippen molar-refractivity contribution in [2.45, 2.75) is 19.4 Å². The van der Waals surface area contributed by atoms with Crippen molar-refractivity contribution in [1.82, 2.24) is 9.97 Å². The molecule has 0 amide bonds. The van der Waals surface area contributed by atoms with E-state index >= 15 is 0 Å². The number of nitrogens with zero attached hydrogens (tertiary/aromatic N) is 2. The molecule has 0 radical (unpaired) electrons. The van der Waals surface area contributed by atoms with Crippen LogP contribution in [0.5, 0.6) is 0 Å². The Balaban J connectivity index is 2.96. The summed E-state index contributed by atoms with van der Waals surface area (Å²) in [6.07, 6.45) is 1.85. The van der Waals surface area contributed by atoms with Gasteiger partial charge >= 0.3 is 0 Å². The molecule has 1 aromatic rings. The average molecular weight is 261 g/mol. The van der Waals surface area contributed by atoms with E-state index in [0.29, 0.717) is 17.2 Å². The molecule has 3 N–H and O–H groups in total. The maximum Gasteiger partial charge on any atom is 0.271 e. The van der Waals surface area contributed by atoms with E-state index in [2.05, 4.69) is 9.97 Å². The first-order chi connectivity index (χ1) is 7.43. The molecule has 5 nitrogen and oxygen atoms in total. The summed E-state index contributed by atoms with van der Waals surface area (Å²) < 4.78 is 0. The monoisotopic (exact) mass is 260 g/mol. The highest BCUT2D eigenvalue weighted by Gasteiger charge is 2.16. The van der Waals surface area contributed by atoms with Gasteiger partial charge in [0.15, 0.2) is 5.82 Å². The number of aromatic amines is 1. The zero-order valence-electron chi connectivity index (χ0n) is 9.03. The van der Waals surface area contributed by atoms with Gasteiger partial charge in [0.25, 0.3) is 5.56 Å². The number of thiocarbonyl (C=S) groups is 1. The van der Waals surface area contributed by atoms with E-state index in [9.17, 15) is 4.79 Å². The smallest absolute Gasteiger partial charge is 0.271 e. The summed E-state index contributed by atoms with van der Waals surface area (Å²) in [6.45, 7) is 1.93. The molecule has 0 aromatic carbocycles. The lowest BCUT2D eigenvalue weighted by molar-refractivity contribution is 0.703. The van der Waals surface area contributed by atoms with Crippen LogP contribution in [0.15, 0.2) is 11.1 Å². The van der Waals surface area contributed by atoms with Crippen LogP contribution >= 0.6 is 23.8 Å². The molecule has 0 aliphatic carbocycles. The van der Waals surface area contributed by atoms with E-state index < -0.39 is 0 Å². The molecular formula is C9H13ClN4OS. The Bertz CT molecular complexity index is 447. The second-order valence-electron chi connectivity index (χ2n) is 3.50. The van der Waals surface area contributed by atoms with Crippen molar-refractivity contribution in [2.24, 2.45) is 5.73 Å². The highest BCUT2D eigenvalue weighted by atomic mass is 35.5. The third-order valence-electron chi connectivity index (χ3n) is 2.27. The second-order valence-corrected chi connectivity index (χ2v) is 4.40. The number of nitrogens with two attached hydrogens (primary N) is 1. The fourth-order valence-electron chi connectivity index (χ4n) is 1.26. The van der Waals surface area contributed by atoms with Crippen molar-refractivity contribution in [2.75, 3.05) is 11.9 Å². The van der Waals surface area contributed by atoms with Gasteiger partial charge in [-0.25, -0.2) is 4.98 Å². The van der Waals surface area contributed by atoms with Gasteiger partial charge in [0, 0.05) is 19.5 Å². The number of anilines is 1. The Hall–Kier alpha value is -1.14. The zero-order valence-corrected chi connectivity index (χ0v) is 10.6. The Morgan fingerprint density at radius 2 is 2.44 bits per heavy atom. The number of aromatic nitrogens is 2. The lowest BCUT2D eigenvalue weighted by Gasteiger charge is -2.25. The summed E-state index contributed by atoms with van der Waals surface area (Å²) in [5.74, 6) is 0.425. The summed E-state index contributed by atoms with van der Waals surface area (Å²) in [5.41, 5.74) is 5.10. The molecule has 0 fully saturated rings. The minimum atomic E-state index is -0.360. The summed E-state index contributed by atoms with van der Waals surface area (Å²) in [4.78, 5) is 19.9. The van der Waals surface area contributed by atoms with E-state index in [-0.39, 0.29) is 16.6 Å². The molecule has 1 heterocycles. The normalized spacial score (nSPS) is 12.2. The minimum absolute atomic E-state index is 0.0318. The van der Waals surface area contributed by atoms with Crippen LogP contribution in [0.2, 0.25) is 5.02 Å². The molecule has 0 aliphatic rings. The van der Waals surface area contributed by atoms with Gasteiger partial charge in [-0.05, 0) is 6.92 Å². The largest absolute Gasteiger partial charge is 0.393 e. The Kier molecular flexibility index (Phi) is 4.26. The summed E-state index contributed by atoms with van der Waals surface area (Å²) in [7, 11) is 1.79. The maximum absolute atomic E-state index is 11.3. The molecule has 1 atom stereocenters. The first-order valence-corrected chi connectivity index (χ1v) is 5.46. The molecule has 0 aliphatic heterocycles. The van der Waals surface area contributed by atoms with E-state index in [0.717, 1.165) is 0 Å². The molecular weight excluding hydrogens is 248 g/mol. The van der Waals surface area contributed by atoms with Crippen molar-refractivity contribution in [3.8, 4) is 0 Å². The molecule has 1 aromatic heterocycles. The second kappa shape index (κ2) is 5.27. The molecule has 0 bridgehead atoms. The Morgan fingerprint density at radius 3 is 3.00 bits per heavy atom. The number of nitrogens with one attached hydrogen (secondary N) is 1. The van der Waals surface area contributed by atoms with Crippen LogP contribution in [0.3, 0.4) is 0 Å². The first kappa shape index (κ1) is 12.9. The molecule has 88 valence electrons. The van der Waals surface area contributed by atoms with Gasteiger partial charge in [0.1, 0.15) is 5.02 Å². The summed E-state index contributed by atoms with van der Waals surface area (Å²) in [6, 6.07) is 0.0318. The number of rotatable bonds is 4. The van der Waals surface area contributed by atoms with E-state index in [4.69, 9.17) is 29.6 Å². The Morgan fingerprint density at radius 1 is 1.81 bits per heavy atom. The maximum atomic E-state index is 11.3. The fraction of sp³-hybridized carbons (Fsp3) is 0.444. The first-order valence-electron chi connectivity index (χ1n) is 4.67. The van der Waals surface area contributed by atoms with Crippen LogP contribution in [0.1, 0.15) is 13.3 Å². The standard InChI is InChI=1S/C9H13ClN4OS/c1-5(3-6(11)16)14(2)8-7(10)9(15)13-4-12-8/h4-5H,3H2,1-2H3,(H2,11,16)(H,12,13,15). The molecule has 0 saturated heterocycles. The zero-order chi connectivity index (χ0) is 12.3. The van der Waals surface area contributed by atoms with Crippen LogP contribution < -0.4 is 16.2 Å². The van der Waals surface area contributed by atoms with Crippen molar-refractivity contribution in [3.63, 3.8) is 0 Å². The van der Waals surface area contributed by atoms with Crippen LogP contribution in [0.4, 0.5) is 5.82 Å². The van der Waals surface area contributed by atoms with Gasteiger partial charge in [0.05, 0.1) is 11.3 Å². The van der Waals surface area contributed by atoms with Gasteiger partial charge in [-0.2, -0.15) is 0 Å². The van der Waals surface area contributed by atoms with Crippen LogP contribution in [-0.2, 0) is 0 Å². The van der Waals surface area contributed by atoms with Gasteiger partial charge in [-0.15, -0.1) is 0 Å². The van der Waals surface area contributed by atoms with Crippen LogP contribution in [-0.4, -0.2) is 28.0 Å². The predicted octanol–water partition coefficient (Wildman–Crippen LogP) is 0.924. The molecule has 1 unspecified atom stereocenters. The van der Waals surface area contributed by atoms with Gasteiger partial charge in [-0.1, -0.05) is 23.8 Å². The number of hydrogen-bond acceptors (Lipinski definition) is 4. The molecule has 1 rings (SSSR count). The van der Waals surface area contributed by atoms with E-state index in [1.54, 1.807) is 11.9 Å². The minimum Gasteiger partial charge on any atom is -0.393 e. The molecule has 0 saturated carbocycles. The van der Waals surface area contributed by atoms with Crippen LogP contribution in [0.25, 0.3) is 0 Å². The number of hydrogen-bond donors (Lipinski definition) is 2. The lowest BCUT2D eigenvalue weighted by Crippen LogP contribution is -2.34. The van der Waals surface area contributed by atoms with E-state index in [1.807, 2.05) is 6.92 Å². The SMILES string of the molecule is CC(CC(N)=S)N(C)c1nc[nH]c(=O)c1Cl. The van der Waals surface area contributed by atoms with Gasteiger partial charge in [-0.3, -0.25) is 4.79 Å². The molecule has 7 heteroatoms. The summed E-state index contributed by atoms with van der Waals surface area (Å²) >= 11 is 10.7. The van der Waals surface area contributed by atoms with Gasteiger partial charge < -0.3 is 15.6 Å². The number of H-pyrrole nitrogens is 1. The number of halogens is 1. The predicted molar refractivity (Wildman–Crippen MR) is 69.1 cm³/mol. The topological polar surface area (TPSA) is 75.0 Å². The quantitative estimate of drug-likeness (QED) is 0.788. The van der Waals surface area contributed by atoms with Crippen molar-refractivity contribution < 1.29 is 0 Å². The van der Waals surface area contributed by atoms with Crippen molar-refractivity contribution in [3.05, 3.63) is 21.7 Å². The van der Waals surface area contributed by atoms with E-state index in [1.165, 1.54) is 6.33 Å². The molecule has 0 spiro atoms. The highest BCUT2D eigenvalue weighted by Crippen LogP contribution is 2.19. The summed E-state index contributed by atoms with van der Waals surface area (Å²) in [5, 5.41) is 0.0692.